The molecule has 0 radical (unpaired) electrons. The second-order valence-corrected chi connectivity index (χ2v) is 14.8. The van der Waals surface area contributed by atoms with Gasteiger partial charge in [0.15, 0.2) is 11.2 Å². The minimum atomic E-state index is -1.38. The molecule has 0 bridgehead atoms. The Kier molecular flexibility index (Phi) is 4.76. The van der Waals surface area contributed by atoms with E-state index in [9.17, 15) is 5.11 Å². The van der Waals surface area contributed by atoms with Gasteiger partial charge >= 0.3 is 0 Å². The predicted octanol–water partition coefficient (Wildman–Crippen LogP) is 7.57. The van der Waals surface area contributed by atoms with Gasteiger partial charge in [0.2, 0.25) is 5.79 Å². The topological polar surface area (TPSA) is 46.2 Å². The molecule has 4 aromatic carbocycles. The van der Waals surface area contributed by atoms with Crippen LogP contribution < -0.4 is 4.57 Å². The molecule has 1 saturated carbocycles. The molecule has 5 aromatic rings. The maximum atomic E-state index is 12.2. The van der Waals surface area contributed by atoms with Crippen molar-refractivity contribution in [2.75, 3.05) is 7.11 Å². The molecule has 1 aromatic heterocycles. The highest BCUT2D eigenvalue weighted by Crippen LogP contribution is 2.72. The van der Waals surface area contributed by atoms with E-state index in [0.29, 0.717) is 0 Å². The molecule has 0 spiro atoms. The van der Waals surface area contributed by atoms with Crippen LogP contribution in [0.25, 0.3) is 44.1 Å². The molecule has 3 atom stereocenters. The van der Waals surface area contributed by atoms with Crippen molar-refractivity contribution in [2.45, 2.75) is 77.0 Å². The summed E-state index contributed by atoms with van der Waals surface area (Å²) in [6, 6.07) is 24.4. The van der Waals surface area contributed by atoms with Crippen LogP contribution in [0.3, 0.4) is 0 Å². The van der Waals surface area contributed by atoms with Crippen molar-refractivity contribution in [3.8, 4) is 22.5 Å². The summed E-state index contributed by atoms with van der Waals surface area (Å²) in [5.74, 6) is -1.38. The minimum Gasteiger partial charge on any atom is -0.361 e. The van der Waals surface area contributed by atoms with Gasteiger partial charge < -0.3 is 9.84 Å². The van der Waals surface area contributed by atoms with Gasteiger partial charge in [-0.25, -0.2) is 4.57 Å². The van der Waals surface area contributed by atoms with Crippen LogP contribution >= 0.6 is 0 Å². The van der Waals surface area contributed by atoms with Gasteiger partial charge in [-0.1, -0.05) is 95.3 Å². The first-order valence-corrected chi connectivity index (χ1v) is 15.1. The molecule has 4 heteroatoms. The Morgan fingerprint density at radius 2 is 1.57 bits per heavy atom. The van der Waals surface area contributed by atoms with E-state index in [1.54, 1.807) is 7.11 Å². The molecule has 4 nitrogen and oxygen atoms in total. The lowest BCUT2D eigenvalue weighted by atomic mass is 9.74. The van der Waals surface area contributed by atoms with Crippen LogP contribution in [0, 0.1) is 5.41 Å². The van der Waals surface area contributed by atoms with Gasteiger partial charge in [0.1, 0.15) is 11.1 Å². The molecule has 212 valence electrons. The van der Waals surface area contributed by atoms with Crippen LogP contribution in [0.1, 0.15) is 70.7 Å². The Balaban J connectivity index is 1.53. The second-order valence-electron chi connectivity index (χ2n) is 14.8. The van der Waals surface area contributed by atoms with Crippen molar-refractivity contribution in [3.63, 3.8) is 0 Å². The van der Waals surface area contributed by atoms with E-state index in [-0.39, 0.29) is 10.8 Å². The average molecular weight is 556 g/mol. The zero-order valence-corrected chi connectivity index (χ0v) is 25.9. The molecule has 2 heterocycles. The summed E-state index contributed by atoms with van der Waals surface area (Å²) in [4.78, 5) is 5.18. The highest BCUT2D eigenvalue weighted by molar-refractivity contribution is 6.04. The van der Waals surface area contributed by atoms with Gasteiger partial charge in [-0.15, -0.1) is 0 Å². The first-order valence-electron chi connectivity index (χ1n) is 15.1. The third-order valence-corrected chi connectivity index (χ3v) is 11.1. The van der Waals surface area contributed by atoms with E-state index < -0.39 is 16.7 Å². The highest BCUT2D eigenvalue weighted by Gasteiger charge is 2.91. The molecule has 1 aliphatic heterocycles. The molecular formula is C38H39N2O2+. The molecule has 2 aliphatic carbocycles. The van der Waals surface area contributed by atoms with E-state index in [1.807, 2.05) is 6.33 Å². The summed E-state index contributed by atoms with van der Waals surface area (Å²) in [6.45, 7) is 15.9. The normalized spacial score (nSPS) is 26.4. The van der Waals surface area contributed by atoms with Crippen LogP contribution in [0.2, 0.25) is 0 Å². The second kappa shape index (κ2) is 7.67. The zero-order valence-electron chi connectivity index (χ0n) is 25.9. The molecule has 3 unspecified atom stereocenters. The Bertz CT molecular complexity index is 2020. The maximum Gasteiger partial charge on any atom is 0.288 e. The zero-order chi connectivity index (χ0) is 29.6. The Morgan fingerprint density at radius 3 is 2.31 bits per heavy atom. The lowest BCUT2D eigenvalue weighted by Crippen LogP contribution is -2.56. The standard InChI is InChI=1S/C38H39N2O2/c1-34(2,3)20-23-13-11-15-26-24(23)18-19-28-29(26)33-31-32(39-21-40(33)37(7)36(28,6)38(37,41)42-8)27-17-16-22-12-9-10-14-25(22)30(27)35(31,4)5/h9-19,21,41H,20H2,1-8H3/q+1. The predicted molar refractivity (Wildman–Crippen MR) is 169 cm³/mol. The van der Waals surface area contributed by atoms with E-state index in [1.165, 1.54) is 49.4 Å². The number of fused-ring (bicyclic) bond motifs is 14. The lowest BCUT2D eigenvalue weighted by Gasteiger charge is -2.31. The summed E-state index contributed by atoms with van der Waals surface area (Å²) in [6.07, 6.45) is 2.95. The van der Waals surface area contributed by atoms with Crippen molar-refractivity contribution in [2.24, 2.45) is 5.41 Å². The van der Waals surface area contributed by atoms with Gasteiger partial charge in [0.25, 0.3) is 6.33 Å². The largest absolute Gasteiger partial charge is 0.361 e. The van der Waals surface area contributed by atoms with Gasteiger partial charge in [0.05, 0.1) is 5.56 Å². The van der Waals surface area contributed by atoms with Crippen LogP contribution in [0.5, 0.6) is 0 Å². The Hall–Kier alpha value is -3.60. The fraction of sp³-hybridized carbons (Fsp3) is 0.368. The highest BCUT2D eigenvalue weighted by atomic mass is 16.6. The SMILES string of the molecule is COC1(O)C2(C)c3ccc4c(CC(C)(C)C)cccc4c3-c3c4c(nc[n+]3C12C)-c1ccc2ccccc2c1C4(C)C. The fourth-order valence-corrected chi connectivity index (χ4v) is 9.01. The smallest absolute Gasteiger partial charge is 0.288 e. The number of methoxy groups -OCH3 is 1. The van der Waals surface area contributed by atoms with Crippen molar-refractivity contribution in [1.29, 1.82) is 0 Å². The summed E-state index contributed by atoms with van der Waals surface area (Å²) in [5, 5.41) is 17.2. The third kappa shape index (κ3) is 2.72. The van der Waals surface area contributed by atoms with E-state index in [2.05, 4.69) is 120 Å². The average Bonchev–Trinajstić information content (AvgIpc) is 3.23. The molecule has 42 heavy (non-hydrogen) atoms. The number of hydrogen-bond acceptors (Lipinski definition) is 3. The molecule has 3 aliphatic rings. The summed E-state index contributed by atoms with van der Waals surface area (Å²) < 4.78 is 8.27. The maximum absolute atomic E-state index is 12.2. The minimum absolute atomic E-state index is 0.157. The number of aromatic nitrogens is 2. The van der Waals surface area contributed by atoms with Crippen molar-refractivity contribution < 1.29 is 14.4 Å². The van der Waals surface area contributed by atoms with Crippen LogP contribution in [0.15, 0.2) is 73.1 Å². The number of nitrogens with zero attached hydrogens (tertiary/aromatic N) is 2. The van der Waals surface area contributed by atoms with Crippen LogP contribution in [-0.2, 0) is 27.5 Å². The third-order valence-electron chi connectivity index (χ3n) is 11.1. The summed E-state index contributed by atoms with van der Waals surface area (Å²) in [5.41, 5.74) is 8.09. The number of hydrogen-bond donors (Lipinski definition) is 1. The lowest BCUT2D eigenvalue weighted by molar-refractivity contribution is -0.744. The van der Waals surface area contributed by atoms with Gasteiger partial charge in [0, 0.05) is 23.7 Å². The summed E-state index contributed by atoms with van der Waals surface area (Å²) in [7, 11) is 1.63. The first kappa shape index (κ1) is 26.1. The molecule has 1 fully saturated rings. The molecule has 0 saturated heterocycles. The molecule has 1 N–H and O–H groups in total. The van der Waals surface area contributed by atoms with Crippen molar-refractivity contribution in [1.82, 2.24) is 4.98 Å². The Labute approximate surface area is 248 Å². The Morgan fingerprint density at radius 1 is 0.833 bits per heavy atom. The van der Waals surface area contributed by atoms with Gasteiger partial charge in [-0.2, -0.15) is 0 Å². The van der Waals surface area contributed by atoms with Gasteiger partial charge in [-0.3, -0.25) is 0 Å². The molecular weight excluding hydrogens is 516 g/mol. The van der Waals surface area contributed by atoms with Crippen LogP contribution in [0.4, 0.5) is 0 Å². The van der Waals surface area contributed by atoms with Crippen molar-refractivity contribution >= 4 is 21.5 Å². The van der Waals surface area contributed by atoms with Crippen molar-refractivity contribution in [3.05, 3.63) is 95.3 Å². The van der Waals surface area contributed by atoms with Crippen LogP contribution in [-0.4, -0.2) is 23.0 Å². The number of aliphatic hydroxyl groups is 1. The monoisotopic (exact) mass is 555 g/mol. The summed E-state index contributed by atoms with van der Waals surface area (Å²) >= 11 is 0. The number of rotatable bonds is 2. The van der Waals surface area contributed by atoms with E-state index >= 15 is 0 Å². The molecule has 8 rings (SSSR count). The fourth-order valence-electron chi connectivity index (χ4n) is 9.01. The number of ether oxygens (including phenoxy) is 1. The van der Waals surface area contributed by atoms with Gasteiger partial charge in [-0.05, 0) is 75.0 Å². The number of benzene rings is 4. The van der Waals surface area contributed by atoms with E-state index in [0.717, 1.165) is 23.4 Å². The van der Waals surface area contributed by atoms with E-state index in [4.69, 9.17) is 9.72 Å². The quantitative estimate of drug-likeness (QED) is 0.180. The molecule has 0 amide bonds. The first-order chi connectivity index (χ1) is 19.8.